The summed E-state index contributed by atoms with van der Waals surface area (Å²) in [4.78, 5) is 14.5. The number of primary amides is 1. The van der Waals surface area contributed by atoms with Crippen molar-refractivity contribution >= 4 is 18.3 Å². The maximum atomic E-state index is 10.5. The number of nitrogens with one attached hydrogen (secondary N) is 1. The number of rotatable bonds is 4. The van der Waals surface area contributed by atoms with Crippen LogP contribution in [0, 0.1) is 4.77 Å². The van der Waals surface area contributed by atoms with E-state index in [9.17, 15) is 4.79 Å². The number of ether oxygens (including phenoxy) is 1. The van der Waals surface area contributed by atoms with E-state index in [2.05, 4.69) is 19.9 Å². The Bertz CT molecular complexity index is 592. The van der Waals surface area contributed by atoms with Gasteiger partial charge in [0.25, 0.3) is 0 Å². The number of nitrogens with zero attached hydrogens (tertiary/aromatic N) is 3. The fraction of sp³-hybridized carbons (Fsp3) is 0.200. The molecule has 0 saturated carbocycles. The van der Waals surface area contributed by atoms with Crippen molar-refractivity contribution in [1.29, 1.82) is 0 Å². The van der Waals surface area contributed by atoms with Crippen molar-refractivity contribution in [3.8, 4) is 11.4 Å². The Morgan fingerprint density at radius 1 is 1.61 bits per heavy atom. The molecule has 2 aromatic rings. The molecule has 1 amide bonds. The molecule has 0 fully saturated rings. The summed E-state index contributed by atoms with van der Waals surface area (Å²) in [6.45, 7) is 0.513. The Morgan fingerprint density at radius 3 is 3.11 bits per heavy atom. The number of amides is 1. The zero-order chi connectivity index (χ0) is 13.0. The molecule has 18 heavy (non-hydrogen) atoms. The fourth-order valence-electron chi connectivity index (χ4n) is 1.48. The molecule has 94 valence electrons. The van der Waals surface area contributed by atoms with Gasteiger partial charge in [-0.15, -0.1) is 0 Å². The first-order valence-corrected chi connectivity index (χ1v) is 5.57. The first-order valence-electron chi connectivity index (χ1n) is 5.16. The molecule has 0 radical (unpaired) electrons. The Hall–Kier alpha value is -2.22. The Kier molecular flexibility index (Phi) is 3.68. The van der Waals surface area contributed by atoms with Crippen LogP contribution in [0.1, 0.15) is 0 Å². The Morgan fingerprint density at radius 2 is 2.44 bits per heavy atom. The number of pyridine rings is 1. The van der Waals surface area contributed by atoms with Crippen LogP contribution in [0.25, 0.3) is 11.4 Å². The van der Waals surface area contributed by atoms with Crippen LogP contribution >= 0.6 is 12.2 Å². The lowest BCUT2D eigenvalue weighted by Gasteiger charge is -2.06. The smallest absolute Gasteiger partial charge is 0.404 e. The van der Waals surface area contributed by atoms with E-state index < -0.39 is 6.09 Å². The van der Waals surface area contributed by atoms with Gasteiger partial charge in [0.15, 0.2) is 10.6 Å². The van der Waals surface area contributed by atoms with Crippen LogP contribution in [0.4, 0.5) is 4.79 Å². The molecule has 3 N–H and O–H groups in total. The van der Waals surface area contributed by atoms with E-state index in [0.29, 0.717) is 17.1 Å². The zero-order valence-corrected chi connectivity index (χ0v) is 10.2. The zero-order valence-electron chi connectivity index (χ0n) is 9.37. The van der Waals surface area contributed by atoms with Gasteiger partial charge in [0, 0.05) is 18.0 Å². The van der Waals surface area contributed by atoms with Crippen LogP contribution < -0.4 is 5.73 Å². The standard InChI is InChI=1S/C10H11N5O2S/c11-9(16)17-5-4-15-8(13-14-10(15)18)7-2-1-3-12-6-7/h1-3,6H,4-5H2,(H2,11,16)(H,14,18). The van der Waals surface area contributed by atoms with Crippen molar-refractivity contribution in [2.45, 2.75) is 6.54 Å². The lowest BCUT2D eigenvalue weighted by molar-refractivity contribution is 0.152. The fourth-order valence-corrected chi connectivity index (χ4v) is 1.70. The topological polar surface area (TPSA) is 98.8 Å². The summed E-state index contributed by atoms with van der Waals surface area (Å²) in [5.41, 5.74) is 5.71. The van der Waals surface area contributed by atoms with Gasteiger partial charge in [-0.2, -0.15) is 5.10 Å². The first-order chi connectivity index (χ1) is 8.68. The summed E-state index contributed by atoms with van der Waals surface area (Å²) < 4.78 is 6.84. The number of carbonyl (C=O) groups is 1. The maximum Gasteiger partial charge on any atom is 0.404 e. The predicted octanol–water partition coefficient (Wildman–Crippen LogP) is 1.10. The largest absolute Gasteiger partial charge is 0.448 e. The molecular formula is C10H11N5O2S. The molecular weight excluding hydrogens is 254 g/mol. The Balaban J connectivity index is 2.22. The third-order valence-corrected chi connectivity index (χ3v) is 2.55. The number of aromatic nitrogens is 4. The van der Waals surface area contributed by atoms with Gasteiger partial charge >= 0.3 is 6.09 Å². The molecule has 0 aliphatic rings. The molecule has 0 aliphatic heterocycles. The average molecular weight is 265 g/mol. The minimum absolute atomic E-state index is 0.135. The summed E-state index contributed by atoms with van der Waals surface area (Å²) in [7, 11) is 0. The van der Waals surface area contributed by atoms with E-state index in [0.717, 1.165) is 5.56 Å². The highest BCUT2D eigenvalue weighted by molar-refractivity contribution is 7.71. The third kappa shape index (κ3) is 2.72. The molecule has 2 heterocycles. The Labute approximate surface area is 108 Å². The van der Waals surface area contributed by atoms with Crippen molar-refractivity contribution in [2.24, 2.45) is 5.73 Å². The summed E-state index contributed by atoms with van der Waals surface area (Å²) in [5.74, 6) is 0.640. The summed E-state index contributed by atoms with van der Waals surface area (Å²) in [6, 6.07) is 3.67. The molecule has 0 aromatic carbocycles. The van der Waals surface area contributed by atoms with Crippen LogP contribution in [0.2, 0.25) is 0 Å². The second-order valence-corrected chi connectivity index (χ2v) is 3.80. The van der Waals surface area contributed by atoms with Gasteiger partial charge in [0.05, 0.1) is 6.54 Å². The van der Waals surface area contributed by atoms with E-state index in [-0.39, 0.29) is 6.61 Å². The van der Waals surface area contributed by atoms with E-state index in [1.54, 1.807) is 23.0 Å². The molecule has 0 aliphatic carbocycles. The van der Waals surface area contributed by atoms with Crippen LogP contribution in [-0.4, -0.2) is 32.4 Å². The average Bonchev–Trinajstić information content (AvgIpc) is 2.72. The number of H-pyrrole nitrogens is 1. The highest BCUT2D eigenvalue weighted by Crippen LogP contribution is 2.15. The number of carbonyl (C=O) groups excluding carboxylic acids is 1. The van der Waals surface area contributed by atoms with Crippen molar-refractivity contribution in [1.82, 2.24) is 19.7 Å². The normalized spacial score (nSPS) is 10.2. The van der Waals surface area contributed by atoms with Gasteiger partial charge < -0.3 is 10.5 Å². The lowest BCUT2D eigenvalue weighted by atomic mass is 10.3. The quantitative estimate of drug-likeness (QED) is 0.806. The van der Waals surface area contributed by atoms with Gasteiger partial charge in [-0.3, -0.25) is 14.6 Å². The predicted molar refractivity (Wildman–Crippen MR) is 66.2 cm³/mol. The number of aromatic amines is 1. The molecule has 0 atom stereocenters. The van der Waals surface area contributed by atoms with Crippen LogP contribution in [0.5, 0.6) is 0 Å². The number of hydrogen-bond donors (Lipinski definition) is 2. The number of hydrogen-bond acceptors (Lipinski definition) is 5. The molecule has 0 unspecified atom stereocenters. The van der Waals surface area contributed by atoms with Crippen LogP contribution in [0.15, 0.2) is 24.5 Å². The molecule has 2 rings (SSSR count). The second-order valence-electron chi connectivity index (χ2n) is 3.41. The van der Waals surface area contributed by atoms with Crippen LogP contribution in [0.3, 0.4) is 0 Å². The SMILES string of the molecule is NC(=O)OCCn1c(-c2cccnc2)n[nH]c1=S. The van der Waals surface area contributed by atoms with Gasteiger partial charge in [0.1, 0.15) is 6.61 Å². The summed E-state index contributed by atoms with van der Waals surface area (Å²) >= 11 is 5.10. The van der Waals surface area contributed by atoms with E-state index in [4.69, 9.17) is 18.0 Å². The van der Waals surface area contributed by atoms with E-state index in [1.807, 2.05) is 6.07 Å². The van der Waals surface area contributed by atoms with Crippen LogP contribution in [-0.2, 0) is 11.3 Å². The highest BCUT2D eigenvalue weighted by Gasteiger charge is 2.08. The van der Waals surface area contributed by atoms with Crippen molar-refractivity contribution in [2.75, 3.05) is 6.61 Å². The van der Waals surface area contributed by atoms with Gasteiger partial charge in [-0.25, -0.2) is 4.79 Å². The third-order valence-electron chi connectivity index (χ3n) is 2.24. The van der Waals surface area contributed by atoms with Crippen molar-refractivity contribution in [3.63, 3.8) is 0 Å². The molecule has 8 heteroatoms. The van der Waals surface area contributed by atoms with Gasteiger partial charge in [-0.1, -0.05) is 0 Å². The molecule has 0 bridgehead atoms. The van der Waals surface area contributed by atoms with E-state index in [1.165, 1.54) is 0 Å². The van der Waals surface area contributed by atoms with E-state index >= 15 is 0 Å². The number of nitrogens with two attached hydrogens (primary N) is 1. The maximum absolute atomic E-state index is 10.5. The molecule has 2 aromatic heterocycles. The molecule has 7 nitrogen and oxygen atoms in total. The first kappa shape index (κ1) is 12.2. The van der Waals surface area contributed by atoms with Crippen molar-refractivity contribution in [3.05, 3.63) is 29.3 Å². The highest BCUT2D eigenvalue weighted by atomic mass is 32.1. The van der Waals surface area contributed by atoms with Gasteiger partial charge in [-0.05, 0) is 24.4 Å². The summed E-state index contributed by atoms with van der Waals surface area (Å²) in [5, 5.41) is 6.81. The summed E-state index contributed by atoms with van der Waals surface area (Å²) in [6.07, 6.45) is 2.54. The minimum Gasteiger partial charge on any atom is -0.448 e. The monoisotopic (exact) mass is 265 g/mol. The van der Waals surface area contributed by atoms with Crippen molar-refractivity contribution < 1.29 is 9.53 Å². The molecule has 0 saturated heterocycles. The van der Waals surface area contributed by atoms with Gasteiger partial charge in [0.2, 0.25) is 0 Å². The molecule has 0 spiro atoms. The minimum atomic E-state index is -0.812. The lowest BCUT2D eigenvalue weighted by Crippen LogP contribution is -2.17. The second kappa shape index (κ2) is 5.41.